The largest absolute Gasteiger partial charge is 0.394 e. The van der Waals surface area contributed by atoms with E-state index in [1.54, 1.807) is 6.20 Å². The van der Waals surface area contributed by atoms with Crippen LogP contribution >= 0.6 is 0 Å². The lowest BCUT2D eigenvalue weighted by molar-refractivity contribution is -0.0718. The Hall–Kier alpha value is -2.96. The lowest BCUT2D eigenvalue weighted by Crippen LogP contribution is -2.45. The van der Waals surface area contributed by atoms with Crippen LogP contribution in [0.5, 0.6) is 0 Å². The van der Waals surface area contributed by atoms with Crippen molar-refractivity contribution in [2.45, 2.75) is 24.0 Å². The number of fused-ring (bicyclic) bond motifs is 1. The molecule has 1 aliphatic rings. The second kappa shape index (κ2) is 6.33. The first kappa shape index (κ1) is 17.5. The number of ether oxygens (including phenoxy) is 1. The van der Waals surface area contributed by atoms with Crippen molar-refractivity contribution in [2.24, 2.45) is 0 Å². The minimum Gasteiger partial charge on any atom is -0.394 e. The van der Waals surface area contributed by atoms with E-state index in [1.807, 2.05) is 30.3 Å². The molecule has 8 nitrogen and oxygen atoms in total. The van der Waals surface area contributed by atoms with Gasteiger partial charge in [-0.25, -0.2) is 9.97 Å². The number of nitrogen functional groups attached to an aromatic ring is 1. The van der Waals surface area contributed by atoms with Crippen LogP contribution in [-0.2, 0) is 4.74 Å². The van der Waals surface area contributed by atoms with Gasteiger partial charge in [0, 0.05) is 11.8 Å². The molecular formula is C19H18N4O4. The number of nitrogens with zero attached hydrogens (tertiary/aromatic N) is 3. The summed E-state index contributed by atoms with van der Waals surface area (Å²) in [6, 6.07) is 9.46. The number of hydrogen-bond donors (Lipinski definition) is 4. The van der Waals surface area contributed by atoms with Crippen molar-refractivity contribution in [1.29, 1.82) is 0 Å². The van der Waals surface area contributed by atoms with Gasteiger partial charge >= 0.3 is 0 Å². The highest BCUT2D eigenvalue weighted by Crippen LogP contribution is 2.42. The molecule has 4 rings (SSSR count). The minimum atomic E-state index is -2.05. The summed E-state index contributed by atoms with van der Waals surface area (Å²) in [6.45, 7) is -0.497. The lowest BCUT2D eigenvalue weighted by atomic mass is 9.95. The fourth-order valence-corrected chi connectivity index (χ4v) is 3.47. The van der Waals surface area contributed by atoms with Gasteiger partial charge in [0.25, 0.3) is 0 Å². The molecule has 0 unspecified atom stereocenters. The predicted octanol–water partition coefficient (Wildman–Crippen LogP) is 0.295. The quantitative estimate of drug-likeness (QED) is 0.491. The fourth-order valence-electron chi connectivity index (χ4n) is 3.47. The zero-order valence-corrected chi connectivity index (χ0v) is 14.2. The van der Waals surface area contributed by atoms with Gasteiger partial charge in [-0.3, -0.25) is 0 Å². The van der Waals surface area contributed by atoms with Crippen LogP contribution in [0.4, 0.5) is 5.82 Å². The van der Waals surface area contributed by atoms with E-state index in [4.69, 9.17) is 16.9 Å². The number of rotatable bonds is 3. The summed E-state index contributed by atoms with van der Waals surface area (Å²) in [5.74, 6) is 2.47. The van der Waals surface area contributed by atoms with Crippen LogP contribution < -0.4 is 5.73 Å². The summed E-state index contributed by atoms with van der Waals surface area (Å²) in [5.41, 5.74) is 6.03. The summed E-state index contributed by atoms with van der Waals surface area (Å²) >= 11 is 0. The maximum absolute atomic E-state index is 10.9. The van der Waals surface area contributed by atoms with E-state index in [2.05, 4.69) is 15.9 Å². The molecule has 0 spiro atoms. The molecule has 138 valence electrons. The molecule has 27 heavy (non-hydrogen) atoms. The third-order valence-corrected chi connectivity index (χ3v) is 4.87. The van der Waals surface area contributed by atoms with Crippen LogP contribution in [-0.4, -0.2) is 54.3 Å². The number of aliphatic hydroxyl groups excluding tert-OH is 2. The van der Waals surface area contributed by atoms with Crippen LogP contribution in [0.3, 0.4) is 0 Å². The monoisotopic (exact) mass is 366 g/mol. The van der Waals surface area contributed by atoms with Crippen LogP contribution in [0, 0.1) is 12.3 Å². The molecule has 3 aromatic rings. The van der Waals surface area contributed by atoms with Crippen LogP contribution in [0.2, 0.25) is 0 Å². The number of aromatic nitrogens is 3. The van der Waals surface area contributed by atoms with Gasteiger partial charge < -0.3 is 30.4 Å². The average Bonchev–Trinajstić information content (AvgIpc) is 3.20. The number of nitrogens with two attached hydrogens (primary N) is 1. The van der Waals surface area contributed by atoms with Crippen molar-refractivity contribution in [1.82, 2.24) is 14.5 Å². The molecular weight excluding hydrogens is 348 g/mol. The van der Waals surface area contributed by atoms with E-state index in [-0.39, 0.29) is 5.82 Å². The van der Waals surface area contributed by atoms with Crippen molar-refractivity contribution >= 4 is 16.9 Å². The topological polar surface area (TPSA) is 127 Å². The van der Waals surface area contributed by atoms with Gasteiger partial charge in [0.05, 0.1) is 12.0 Å². The highest BCUT2D eigenvalue weighted by atomic mass is 16.6. The zero-order chi connectivity index (χ0) is 19.2. The van der Waals surface area contributed by atoms with Crippen molar-refractivity contribution in [2.75, 3.05) is 12.3 Å². The molecule has 0 aliphatic carbocycles. The van der Waals surface area contributed by atoms with E-state index in [1.165, 1.54) is 10.9 Å². The second-order valence-corrected chi connectivity index (χ2v) is 6.40. The fraction of sp³-hybridized carbons (Fsp3) is 0.263. The van der Waals surface area contributed by atoms with Gasteiger partial charge in [0.15, 0.2) is 11.8 Å². The van der Waals surface area contributed by atoms with Gasteiger partial charge in [-0.05, 0) is 5.56 Å². The molecule has 5 N–H and O–H groups in total. The second-order valence-electron chi connectivity index (χ2n) is 6.40. The highest BCUT2D eigenvalue weighted by Gasteiger charge is 2.55. The molecule has 1 fully saturated rings. The van der Waals surface area contributed by atoms with Gasteiger partial charge in [0.2, 0.25) is 0 Å². The Morgan fingerprint density at radius 1 is 1.30 bits per heavy atom. The van der Waals surface area contributed by atoms with Crippen LogP contribution in [0.15, 0.2) is 42.9 Å². The molecule has 8 heteroatoms. The molecule has 4 atom stereocenters. The summed E-state index contributed by atoms with van der Waals surface area (Å²) in [5, 5.41) is 31.2. The first-order chi connectivity index (χ1) is 13.0. The predicted molar refractivity (Wildman–Crippen MR) is 98.2 cm³/mol. The van der Waals surface area contributed by atoms with E-state index >= 15 is 0 Å². The van der Waals surface area contributed by atoms with E-state index in [9.17, 15) is 15.3 Å². The molecule has 1 saturated heterocycles. The molecule has 0 amide bonds. The van der Waals surface area contributed by atoms with Gasteiger partial charge in [-0.1, -0.05) is 36.3 Å². The Balaban J connectivity index is 1.96. The van der Waals surface area contributed by atoms with Crippen LogP contribution in [0.1, 0.15) is 6.23 Å². The molecule has 0 bridgehead atoms. The third-order valence-electron chi connectivity index (χ3n) is 4.87. The lowest BCUT2D eigenvalue weighted by Gasteiger charge is -2.26. The van der Waals surface area contributed by atoms with Gasteiger partial charge in [-0.15, -0.1) is 6.42 Å². The van der Waals surface area contributed by atoms with Crippen molar-refractivity contribution in [3.05, 3.63) is 42.9 Å². The van der Waals surface area contributed by atoms with Gasteiger partial charge in [-0.2, -0.15) is 0 Å². The molecule has 1 aliphatic heterocycles. The maximum Gasteiger partial charge on any atom is 0.199 e. The zero-order valence-electron chi connectivity index (χ0n) is 14.2. The summed E-state index contributed by atoms with van der Waals surface area (Å²) in [7, 11) is 0. The van der Waals surface area contributed by atoms with Crippen molar-refractivity contribution in [3.8, 4) is 23.5 Å². The Morgan fingerprint density at radius 2 is 2.04 bits per heavy atom. The Morgan fingerprint density at radius 3 is 2.70 bits per heavy atom. The SMILES string of the molecule is C#C[C@@]1(O)[C@H](O)[C@@H](CO)O[C@H]1n1cc(-c2ccccc2)c2c(N)ncnc21. The summed E-state index contributed by atoms with van der Waals surface area (Å²) < 4.78 is 7.20. The molecule has 1 aromatic carbocycles. The van der Waals surface area contributed by atoms with Crippen molar-refractivity contribution < 1.29 is 20.1 Å². The van der Waals surface area contributed by atoms with Crippen LogP contribution in [0.25, 0.3) is 22.2 Å². The minimum absolute atomic E-state index is 0.263. The average molecular weight is 366 g/mol. The van der Waals surface area contributed by atoms with Crippen molar-refractivity contribution in [3.63, 3.8) is 0 Å². The molecule has 2 aromatic heterocycles. The molecule has 0 radical (unpaired) electrons. The number of hydrogen-bond acceptors (Lipinski definition) is 7. The first-order valence-corrected chi connectivity index (χ1v) is 8.32. The summed E-state index contributed by atoms with van der Waals surface area (Å²) in [6.07, 6.45) is 4.84. The normalized spacial score (nSPS) is 27.7. The Kier molecular flexibility index (Phi) is 4.09. The summed E-state index contributed by atoms with van der Waals surface area (Å²) in [4.78, 5) is 8.33. The smallest absolute Gasteiger partial charge is 0.199 e. The highest BCUT2D eigenvalue weighted by molar-refractivity contribution is 6.00. The van der Waals surface area contributed by atoms with Gasteiger partial charge in [0.1, 0.15) is 30.0 Å². The molecule has 3 heterocycles. The van der Waals surface area contributed by atoms with E-state index in [0.29, 0.717) is 11.0 Å². The Bertz CT molecular complexity index is 1030. The number of aliphatic hydroxyl groups is 3. The van der Waals surface area contributed by atoms with E-state index in [0.717, 1.165) is 11.1 Å². The standard InChI is InChI=1S/C19H18N4O4/c1-2-19(26)15(25)13(9-24)27-18(19)23-8-12(11-6-4-3-5-7-11)14-16(20)21-10-22-17(14)23/h1,3-8,10,13,15,18,24-26H,9H2,(H2,20,21,22)/t13-,15-,18-,19-/m1/s1. The maximum atomic E-state index is 10.9. The third kappa shape index (κ3) is 2.49. The number of anilines is 1. The Labute approximate surface area is 154 Å². The van der Waals surface area contributed by atoms with E-state index < -0.39 is 30.6 Å². The number of benzene rings is 1. The number of terminal acetylenes is 1. The molecule has 0 saturated carbocycles. The first-order valence-electron chi connectivity index (χ1n) is 8.32.